The van der Waals surface area contributed by atoms with Crippen molar-refractivity contribution in [1.29, 1.82) is 0 Å². The second kappa shape index (κ2) is 8.84. The van der Waals surface area contributed by atoms with Crippen LogP contribution in [0.4, 0.5) is 13.2 Å². The maximum absolute atomic E-state index is 12.7. The molecule has 1 heterocycles. The number of aromatic nitrogens is 2. The SMILES string of the molecule is Cc1cc(C(F)(F)F)nc(CCNC(=O)CSCc2ccccc2)n1. The first kappa shape index (κ1) is 19.2. The van der Waals surface area contributed by atoms with Gasteiger partial charge in [-0.1, -0.05) is 30.3 Å². The second-order valence-corrected chi connectivity index (χ2v) is 6.37. The summed E-state index contributed by atoms with van der Waals surface area (Å²) in [6.45, 7) is 1.69. The first-order chi connectivity index (χ1) is 11.8. The van der Waals surface area contributed by atoms with E-state index in [1.165, 1.54) is 18.7 Å². The number of rotatable bonds is 7. The lowest BCUT2D eigenvalue weighted by Crippen LogP contribution is -2.28. The topological polar surface area (TPSA) is 54.9 Å². The summed E-state index contributed by atoms with van der Waals surface area (Å²) in [6.07, 6.45) is -4.35. The number of carbonyl (C=O) groups excluding carboxylic acids is 1. The smallest absolute Gasteiger partial charge is 0.355 e. The van der Waals surface area contributed by atoms with Gasteiger partial charge in [0.15, 0.2) is 0 Å². The summed E-state index contributed by atoms with van der Waals surface area (Å²) in [5.41, 5.74) is 0.426. The van der Waals surface area contributed by atoms with Crippen LogP contribution in [0.5, 0.6) is 0 Å². The zero-order valence-electron chi connectivity index (χ0n) is 13.6. The summed E-state index contributed by atoms with van der Waals surface area (Å²) < 4.78 is 38.1. The third-order valence-corrected chi connectivity index (χ3v) is 4.21. The van der Waals surface area contributed by atoms with E-state index in [0.717, 1.165) is 17.4 Å². The summed E-state index contributed by atoms with van der Waals surface area (Å²) >= 11 is 1.48. The Balaban J connectivity index is 1.75. The lowest BCUT2D eigenvalue weighted by molar-refractivity contribution is -0.141. The van der Waals surface area contributed by atoms with Gasteiger partial charge in [0.1, 0.15) is 11.5 Å². The molecule has 2 aromatic rings. The Morgan fingerprint density at radius 3 is 2.60 bits per heavy atom. The highest BCUT2D eigenvalue weighted by Crippen LogP contribution is 2.27. The van der Waals surface area contributed by atoms with Crippen LogP contribution >= 0.6 is 11.8 Å². The van der Waals surface area contributed by atoms with Gasteiger partial charge in [0.25, 0.3) is 0 Å². The molecule has 0 saturated heterocycles. The minimum atomic E-state index is -4.50. The molecule has 0 aliphatic carbocycles. The number of amides is 1. The normalized spacial score (nSPS) is 11.4. The minimum absolute atomic E-state index is 0.0737. The molecule has 0 aliphatic heterocycles. The van der Waals surface area contributed by atoms with Gasteiger partial charge < -0.3 is 5.32 Å². The van der Waals surface area contributed by atoms with Gasteiger partial charge in [0, 0.05) is 24.4 Å². The van der Waals surface area contributed by atoms with Gasteiger partial charge in [-0.15, -0.1) is 11.8 Å². The third kappa shape index (κ3) is 6.74. The van der Waals surface area contributed by atoms with Crippen molar-refractivity contribution in [1.82, 2.24) is 15.3 Å². The summed E-state index contributed by atoms with van der Waals surface area (Å²) in [6, 6.07) is 10.7. The molecule has 1 aromatic carbocycles. The molecule has 2 rings (SSSR count). The molecule has 8 heteroatoms. The van der Waals surface area contributed by atoms with Crippen LogP contribution in [0.1, 0.15) is 22.8 Å². The highest BCUT2D eigenvalue weighted by Gasteiger charge is 2.33. The van der Waals surface area contributed by atoms with E-state index in [0.29, 0.717) is 0 Å². The number of carbonyl (C=O) groups is 1. The van der Waals surface area contributed by atoms with E-state index in [-0.39, 0.29) is 36.1 Å². The molecule has 0 atom stereocenters. The Hall–Kier alpha value is -2.09. The number of halogens is 3. The van der Waals surface area contributed by atoms with Crippen LogP contribution < -0.4 is 5.32 Å². The highest BCUT2D eigenvalue weighted by molar-refractivity contribution is 7.99. The summed E-state index contributed by atoms with van der Waals surface area (Å²) in [5.74, 6) is 0.927. The molecule has 25 heavy (non-hydrogen) atoms. The Labute approximate surface area is 148 Å². The Morgan fingerprint density at radius 1 is 1.20 bits per heavy atom. The predicted molar refractivity (Wildman–Crippen MR) is 91.1 cm³/mol. The van der Waals surface area contributed by atoms with Crippen molar-refractivity contribution in [2.45, 2.75) is 25.3 Å². The van der Waals surface area contributed by atoms with Crippen LogP contribution in [-0.4, -0.2) is 28.2 Å². The molecule has 0 aliphatic rings. The quantitative estimate of drug-likeness (QED) is 0.813. The highest BCUT2D eigenvalue weighted by atomic mass is 32.2. The number of hydrogen-bond acceptors (Lipinski definition) is 4. The first-order valence-electron chi connectivity index (χ1n) is 7.65. The maximum Gasteiger partial charge on any atom is 0.433 e. The molecule has 4 nitrogen and oxygen atoms in total. The number of hydrogen-bond donors (Lipinski definition) is 1. The summed E-state index contributed by atoms with van der Waals surface area (Å²) in [5, 5.41) is 2.67. The average Bonchev–Trinajstić information content (AvgIpc) is 2.54. The largest absolute Gasteiger partial charge is 0.433 e. The van der Waals surface area contributed by atoms with Gasteiger partial charge in [0.2, 0.25) is 5.91 Å². The van der Waals surface area contributed by atoms with E-state index in [2.05, 4.69) is 15.3 Å². The summed E-state index contributed by atoms with van der Waals surface area (Å²) in [7, 11) is 0. The fraction of sp³-hybridized carbons (Fsp3) is 0.353. The monoisotopic (exact) mass is 369 g/mol. The first-order valence-corrected chi connectivity index (χ1v) is 8.80. The Morgan fingerprint density at radius 2 is 1.92 bits per heavy atom. The van der Waals surface area contributed by atoms with Crippen molar-refractivity contribution in [2.75, 3.05) is 12.3 Å². The Bertz CT molecular complexity index is 708. The number of alkyl halides is 3. The maximum atomic E-state index is 12.7. The molecule has 1 amide bonds. The van der Waals surface area contributed by atoms with Crippen LogP contribution in [-0.2, 0) is 23.1 Å². The van der Waals surface area contributed by atoms with Gasteiger partial charge in [-0.05, 0) is 18.6 Å². The average molecular weight is 369 g/mol. The molecule has 0 spiro atoms. The van der Waals surface area contributed by atoms with Gasteiger partial charge >= 0.3 is 6.18 Å². The van der Waals surface area contributed by atoms with Crippen LogP contribution in [0.2, 0.25) is 0 Å². The van der Waals surface area contributed by atoms with E-state index in [4.69, 9.17) is 0 Å². The van der Waals surface area contributed by atoms with Crippen LogP contribution in [0.25, 0.3) is 0 Å². The minimum Gasteiger partial charge on any atom is -0.355 e. The molecule has 0 radical (unpaired) electrons. The van der Waals surface area contributed by atoms with E-state index in [1.54, 1.807) is 0 Å². The van der Waals surface area contributed by atoms with E-state index >= 15 is 0 Å². The fourth-order valence-electron chi connectivity index (χ4n) is 2.09. The number of nitrogens with one attached hydrogen (secondary N) is 1. The van der Waals surface area contributed by atoms with Gasteiger partial charge in [-0.3, -0.25) is 4.79 Å². The molecule has 0 saturated carbocycles. The van der Waals surface area contributed by atoms with Crippen LogP contribution in [0, 0.1) is 6.92 Å². The Kier molecular flexibility index (Phi) is 6.81. The zero-order chi connectivity index (χ0) is 18.3. The van der Waals surface area contributed by atoms with E-state index < -0.39 is 11.9 Å². The number of thioether (sulfide) groups is 1. The zero-order valence-corrected chi connectivity index (χ0v) is 14.5. The lowest BCUT2D eigenvalue weighted by atomic mass is 10.2. The molecular formula is C17H18F3N3OS. The molecule has 134 valence electrons. The third-order valence-electron chi connectivity index (χ3n) is 3.21. The molecule has 0 fully saturated rings. The number of aryl methyl sites for hydroxylation is 1. The van der Waals surface area contributed by atoms with Crippen LogP contribution in [0.15, 0.2) is 36.4 Å². The molecule has 0 unspecified atom stereocenters. The van der Waals surface area contributed by atoms with Crippen molar-refractivity contribution in [2.24, 2.45) is 0 Å². The number of benzene rings is 1. The molecule has 1 aromatic heterocycles. The van der Waals surface area contributed by atoms with Crippen molar-refractivity contribution < 1.29 is 18.0 Å². The van der Waals surface area contributed by atoms with Crippen molar-refractivity contribution in [3.8, 4) is 0 Å². The molecule has 0 bridgehead atoms. The molecular weight excluding hydrogens is 351 g/mol. The predicted octanol–water partition coefficient (Wildman–Crippen LogP) is 3.40. The standard InChI is InChI=1S/C17H18F3N3OS/c1-12-9-14(17(18,19)20)23-15(22-12)7-8-21-16(24)11-25-10-13-5-3-2-4-6-13/h2-6,9H,7-8,10-11H2,1H3,(H,21,24). The second-order valence-electron chi connectivity index (χ2n) is 5.39. The molecule has 1 N–H and O–H groups in total. The van der Waals surface area contributed by atoms with Crippen molar-refractivity contribution in [3.05, 3.63) is 59.2 Å². The van der Waals surface area contributed by atoms with Gasteiger partial charge in [-0.2, -0.15) is 13.2 Å². The van der Waals surface area contributed by atoms with Gasteiger partial charge in [-0.25, -0.2) is 9.97 Å². The summed E-state index contributed by atoms with van der Waals surface area (Å²) in [4.78, 5) is 19.3. The van der Waals surface area contributed by atoms with Crippen molar-refractivity contribution in [3.63, 3.8) is 0 Å². The van der Waals surface area contributed by atoms with E-state index in [9.17, 15) is 18.0 Å². The fourth-order valence-corrected chi connectivity index (χ4v) is 2.91. The van der Waals surface area contributed by atoms with E-state index in [1.807, 2.05) is 30.3 Å². The van der Waals surface area contributed by atoms with Gasteiger partial charge in [0.05, 0.1) is 5.75 Å². The van der Waals surface area contributed by atoms with Crippen LogP contribution in [0.3, 0.4) is 0 Å². The number of nitrogens with zero attached hydrogens (tertiary/aromatic N) is 2. The lowest BCUT2D eigenvalue weighted by Gasteiger charge is -2.09. The van der Waals surface area contributed by atoms with Crippen molar-refractivity contribution >= 4 is 17.7 Å².